The molecule has 1 rings (SSSR count). The SMILES string of the molecule is COC(C)(C)CCC(N)C(C)(C)N1CCOCC1. The minimum absolute atomic E-state index is 0.0214. The highest BCUT2D eigenvalue weighted by Crippen LogP contribution is 2.25. The van der Waals surface area contributed by atoms with Gasteiger partial charge in [0.2, 0.25) is 0 Å². The summed E-state index contributed by atoms with van der Waals surface area (Å²) in [6, 6.07) is 0.157. The number of ether oxygens (including phenoxy) is 2. The van der Waals surface area contributed by atoms with Gasteiger partial charge in [0, 0.05) is 31.8 Å². The van der Waals surface area contributed by atoms with E-state index in [1.54, 1.807) is 7.11 Å². The Bertz CT molecular complexity index is 248. The lowest BCUT2D eigenvalue weighted by atomic mass is 9.86. The molecule has 1 aliphatic heterocycles. The van der Waals surface area contributed by atoms with Gasteiger partial charge in [-0.25, -0.2) is 0 Å². The van der Waals surface area contributed by atoms with Crippen LogP contribution in [0.25, 0.3) is 0 Å². The third kappa shape index (κ3) is 4.19. The lowest BCUT2D eigenvalue weighted by Crippen LogP contribution is -2.59. The minimum Gasteiger partial charge on any atom is -0.379 e. The van der Waals surface area contributed by atoms with Crippen LogP contribution in [0.4, 0.5) is 0 Å². The first-order chi connectivity index (χ1) is 8.29. The summed E-state index contributed by atoms with van der Waals surface area (Å²) in [6.07, 6.45) is 1.96. The number of nitrogens with two attached hydrogens (primary N) is 1. The van der Waals surface area contributed by atoms with Crippen molar-refractivity contribution in [1.82, 2.24) is 4.90 Å². The van der Waals surface area contributed by atoms with E-state index in [1.807, 2.05) is 0 Å². The molecule has 18 heavy (non-hydrogen) atoms. The Kier molecular flexibility index (Phi) is 5.59. The monoisotopic (exact) mass is 258 g/mol. The zero-order valence-electron chi connectivity index (χ0n) is 12.7. The first-order valence-corrected chi connectivity index (χ1v) is 6.93. The standard InChI is InChI=1S/C14H30N2O2/c1-13(2,17-5)7-6-12(15)14(3,4)16-8-10-18-11-9-16/h12H,6-11,15H2,1-5H3. The molecule has 1 heterocycles. The van der Waals surface area contributed by atoms with E-state index in [2.05, 4.69) is 32.6 Å². The average Bonchev–Trinajstić information content (AvgIpc) is 2.37. The van der Waals surface area contributed by atoms with E-state index in [9.17, 15) is 0 Å². The molecule has 1 aliphatic rings. The van der Waals surface area contributed by atoms with E-state index in [4.69, 9.17) is 15.2 Å². The third-order valence-corrected chi connectivity index (χ3v) is 4.34. The molecule has 0 saturated carbocycles. The summed E-state index contributed by atoms with van der Waals surface area (Å²) < 4.78 is 10.9. The van der Waals surface area contributed by atoms with E-state index >= 15 is 0 Å². The lowest BCUT2D eigenvalue weighted by molar-refractivity contribution is -0.0266. The van der Waals surface area contributed by atoms with Crippen LogP contribution in [0.2, 0.25) is 0 Å². The van der Waals surface area contributed by atoms with Crippen molar-refractivity contribution in [2.75, 3.05) is 33.4 Å². The van der Waals surface area contributed by atoms with Crippen LogP contribution in [0.3, 0.4) is 0 Å². The highest BCUT2D eigenvalue weighted by atomic mass is 16.5. The maximum Gasteiger partial charge on any atom is 0.0623 e. The number of hydrogen-bond acceptors (Lipinski definition) is 4. The molecule has 0 aromatic carbocycles. The van der Waals surface area contributed by atoms with Gasteiger partial charge in [-0.05, 0) is 40.5 Å². The Morgan fingerprint density at radius 1 is 1.22 bits per heavy atom. The summed E-state index contributed by atoms with van der Waals surface area (Å²) in [4.78, 5) is 2.45. The molecule has 1 fully saturated rings. The summed E-state index contributed by atoms with van der Waals surface area (Å²) in [6.45, 7) is 12.3. The molecule has 0 radical (unpaired) electrons. The molecule has 2 N–H and O–H groups in total. The van der Waals surface area contributed by atoms with Crippen LogP contribution in [0.5, 0.6) is 0 Å². The van der Waals surface area contributed by atoms with Crippen LogP contribution in [-0.2, 0) is 9.47 Å². The van der Waals surface area contributed by atoms with Crippen molar-refractivity contribution in [2.45, 2.75) is 57.7 Å². The van der Waals surface area contributed by atoms with Gasteiger partial charge < -0.3 is 15.2 Å². The largest absolute Gasteiger partial charge is 0.379 e. The van der Waals surface area contributed by atoms with E-state index in [0.29, 0.717) is 0 Å². The molecule has 1 unspecified atom stereocenters. The number of nitrogens with zero attached hydrogens (tertiary/aromatic N) is 1. The zero-order chi connectivity index (χ0) is 13.8. The van der Waals surface area contributed by atoms with Gasteiger partial charge in [0.05, 0.1) is 18.8 Å². The maximum absolute atomic E-state index is 6.41. The Balaban J connectivity index is 2.50. The molecule has 4 heteroatoms. The molecule has 0 aliphatic carbocycles. The summed E-state index contributed by atoms with van der Waals surface area (Å²) in [5.41, 5.74) is 6.34. The normalized spacial score (nSPS) is 21.0. The van der Waals surface area contributed by atoms with Gasteiger partial charge in [-0.1, -0.05) is 0 Å². The second kappa shape index (κ2) is 6.33. The summed E-state index contributed by atoms with van der Waals surface area (Å²) in [5.74, 6) is 0. The summed E-state index contributed by atoms with van der Waals surface area (Å²) >= 11 is 0. The van der Waals surface area contributed by atoms with Crippen LogP contribution in [-0.4, -0.2) is 55.5 Å². The number of hydrogen-bond donors (Lipinski definition) is 1. The van der Waals surface area contributed by atoms with Crippen molar-refractivity contribution in [3.05, 3.63) is 0 Å². The molecule has 0 aromatic rings. The van der Waals surface area contributed by atoms with Crippen molar-refractivity contribution in [1.29, 1.82) is 0 Å². The molecule has 1 atom stereocenters. The van der Waals surface area contributed by atoms with Crippen LogP contribution in [0, 0.1) is 0 Å². The molecule has 0 bridgehead atoms. The van der Waals surface area contributed by atoms with Crippen LogP contribution < -0.4 is 5.73 Å². The molecule has 108 valence electrons. The van der Waals surface area contributed by atoms with Crippen LogP contribution in [0.15, 0.2) is 0 Å². The highest BCUT2D eigenvalue weighted by molar-refractivity contribution is 4.93. The van der Waals surface area contributed by atoms with Crippen molar-refractivity contribution in [3.8, 4) is 0 Å². The second-order valence-electron chi connectivity index (χ2n) is 6.36. The first kappa shape index (κ1) is 15.9. The van der Waals surface area contributed by atoms with Crippen molar-refractivity contribution in [3.63, 3.8) is 0 Å². The first-order valence-electron chi connectivity index (χ1n) is 6.93. The van der Waals surface area contributed by atoms with Crippen LogP contribution >= 0.6 is 0 Å². The van der Waals surface area contributed by atoms with Crippen molar-refractivity contribution in [2.24, 2.45) is 5.73 Å². The maximum atomic E-state index is 6.41. The Morgan fingerprint density at radius 2 is 1.78 bits per heavy atom. The quantitative estimate of drug-likeness (QED) is 0.786. The number of morpholine rings is 1. The smallest absolute Gasteiger partial charge is 0.0623 e. The molecule has 1 saturated heterocycles. The van der Waals surface area contributed by atoms with E-state index in [-0.39, 0.29) is 17.2 Å². The molecular weight excluding hydrogens is 228 g/mol. The second-order valence-corrected chi connectivity index (χ2v) is 6.36. The average molecular weight is 258 g/mol. The fourth-order valence-corrected chi connectivity index (χ4v) is 2.33. The van der Waals surface area contributed by atoms with Gasteiger partial charge in [-0.3, -0.25) is 4.90 Å². The molecule has 0 spiro atoms. The highest BCUT2D eigenvalue weighted by Gasteiger charge is 2.34. The van der Waals surface area contributed by atoms with Gasteiger partial charge in [0.1, 0.15) is 0 Å². The Hall–Kier alpha value is -0.160. The fraction of sp³-hybridized carbons (Fsp3) is 1.00. The van der Waals surface area contributed by atoms with Gasteiger partial charge in [-0.2, -0.15) is 0 Å². The predicted molar refractivity (Wildman–Crippen MR) is 74.8 cm³/mol. The van der Waals surface area contributed by atoms with E-state index in [1.165, 1.54) is 0 Å². The fourth-order valence-electron chi connectivity index (χ4n) is 2.33. The molecule has 0 aromatic heterocycles. The van der Waals surface area contributed by atoms with Crippen molar-refractivity contribution >= 4 is 0 Å². The summed E-state index contributed by atoms with van der Waals surface area (Å²) in [5, 5.41) is 0. The molecule has 4 nitrogen and oxygen atoms in total. The third-order valence-electron chi connectivity index (χ3n) is 4.34. The minimum atomic E-state index is -0.0846. The van der Waals surface area contributed by atoms with Gasteiger partial charge in [0.15, 0.2) is 0 Å². The van der Waals surface area contributed by atoms with Gasteiger partial charge in [0.25, 0.3) is 0 Å². The van der Waals surface area contributed by atoms with Crippen molar-refractivity contribution < 1.29 is 9.47 Å². The summed E-state index contributed by atoms with van der Waals surface area (Å²) in [7, 11) is 1.76. The number of rotatable bonds is 6. The van der Waals surface area contributed by atoms with E-state index in [0.717, 1.165) is 39.1 Å². The molecule has 0 amide bonds. The number of methoxy groups -OCH3 is 1. The molecular formula is C14H30N2O2. The zero-order valence-corrected chi connectivity index (χ0v) is 12.7. The van der Waals surface area contributed by atoms with E-state index < -0.39 is 0 Å². The van der Waals surface area contributed by atoms with Gasteiger partial charge >= 0.3 is 0 Å². The van der Waals surface area contributed by atoms with Gasteiger partial charge in [-0.15, -0.1) is 0 Å². The van der Waals surface area contributed by atoms with Crippen LogP contribution in [0.1, 0.15) is 40.5 Å². The Morgan fingerprint density at radius 3 is 2.28 bits per heavy atom. The topological polar surface area (TPSA) is 47.7 Å². The lowest BCUT2D eigenvalue weighted by Gasteiger charge is -2.45. The predicted octanol–water partition coefficient (Wildman–Crippen LogP) is 1.63. The Labute approximate surface area is 112 Å².